The quantitative estimate of drug-likeness (QED) is 0.637. The molecule has 4 nitrogen and oxygen atoms in total. The molecule has 1 aromatic rings. The monoisotopic (exact) mass is 283 g/mol. The lowest BCUT2D eigenvalue weighted by molar-refractivity contribution is -0.126. The molecule has 1 atom stereocenters. The lowest BCUT2D eigenvalue weighted by atomic mass is 9.96. The summed E-state index contributed by atoms with van der Waals surface area (Å²) in [4.78, 5) is 12.0. The molecule has 1 N–H and O–H groups in total. The number of fused-ring (bicyclic) bond motifs is 1. The van der Waals surface area contributed by atoms with E-state index in [4.69, 9.17) is 21.1 Å². The van der Waals surface area contributed by atoms with E-state index in [0.29, 0.717) is 32.2 Å². The van der Waals surface area contributed by atoms with Crippen LogP contribution in [0.15, 0.2) is 24.3 Å². The Labute approximate surface area is 118 Å². The number of para-hydroxylation sites is 1. The van der Waals surface area contributed by atoms with Gasteiger partial charge in [0, 0.05) is 12.4 Å². The molecule has 1 amide bonds. The fourth-order valence-corrected chi connectivity index (χ4v) is 2.15. The number of hydrogen-bond acceptors (Lipinski definition) is 3. The Bertz CT molecular complexity index is 425. The fraction of sp³-hybridized carbons (Fsp3) is 0.500. The summed E-state index contributed by atoms with van der Waals surface area (Å²) < 4.78 is 10.8. The molecule has 0 spiro atoms. The highest BCUT2D eigenvalue weighted by atomic mass is 35.5. The maximum Gasteiger partial charge on any atom is 0.226 e. The molecule has 0 saturated heterocycles. The van der Waals surface area contributed by atoms with Crippen LogP contribution < -0.4 is 10.1 Å². The van der Waals surface area contributed by atoms with E-state index in [-0.39, 0.29) is 11.8 Å². The summed E-state index contributed by atoms with van der Waals surface area (Å²) in [6, 6.07) is 7.83. The number of ether oxygens (including phenoxy) is 2. The van der Waals surface area contributed by atoms with Gasteiger partial charge in [-0.2, -0.15) is 0 Å². The highest BCUT2D eigenvalue weighted by Gasteiger charge is 2.25. The molecule has 1 unspecified atom stereocenters. The third kappa shape index (κ3) is 4.11. The van der Waals surface area contributed by atoms with Gasteiger partial charge in [-0.1, -0.05) is 18.2 Å². The molecule has 1 aromatic carbocycles. The second-order valence-corrected chi connectivity index (χ2v) is 4.79. The summed E-state index contributed by atoms with van der Waals surface area (Å²) >= 11 is 5.48. The summed E-state index contributed by atoms with van der Waals surface area (Å²) in [6.45, 7) is 1.94. The van der Waals surface area contributed by atoms with E-state index in [2.05, 4.69) is 5.32 Å². The molecule has 1 aliphatic heterocycles. The van der Waals surface area contributed by atoms with Gasteiger partial charge in [-0.25, -0.2) is 0 Å². The molecule has 0 aromatic heterocycles. The molecular formula is C14H18ClNO3. The highest BCUT2D eigenvalue weighted by Crippen LogP contribution is 2.26. The fourth-order valence-electron chi connectivity index (χ4n) is 2.04. The van der Waals surface area contributed by atoms with E-state index in [1.165, 1.54) is 0 Å². The van der Waals surface area contributed by atoms with Crippen molar-refractivity contribution in [1.29, 1.82) is 0 Å². The van der Waals surface area contributed by atoms with E-state index in [1.54, 1.807) is 0 Å². The summed E-state index contributed by atoms with van der Waals surface area (Å²) in [7, 11) is 0. The number of halogens is 1. The molecule has 2 rings (SSSR count). The van der Waals surface area contributed by atoms with Crippen molar-refractivity contribution in [3.05, 3.63) is 29.8 Å². The average molecular weight is 284 g/mol. The second kappa shape index (κ2) is 7.36. The maximum atomic E-state index is 12.0. The molecule has 19 heavy (non-hydrogen) atoms. The molecule has 1 heterocycles. The second-order valence-electron chi connectivity index (χ2n) is 4.41. The van der Waals surface area contributed by atoms with Crippen molar-refractivity contribution < 1.29 is 14.3 Å². The molecule has 0 fully saturated rings. The van der Waals surface area contributed by atoms with Crippen molar-refractivity contribution in [3.8, 4) is 5.75 Å². The van der Waals surface area contributed by atoms with Crippen molar-refractivity contribution in [2.24, 2.45) is 5.92 Å². The summed E-state index contributed by atoms with van der Waals surface area (Å²) in [6.07, 6.45) is 0.727. The average Bonchev–Trinajstić information content (AvgIpc) is 2.46. The molecule has 1 aliphatic rings. The Morgan fingerprint density at radius 1 is 1.42 bits per heavy atom. The van der Waals surface area contributed by atoms with E-state index in [1.807, 2.05) is 24.3 Å². The van der Waals surface area contributed by atoms with Gasteiger partial charge in [0.1, 0.15) is 12.4 Å². The van der Waals surface area contributed by atoms with Crippen molar-refractivity contribution in [3.63, 3.8) is 0 Å². The van der Waals surface area contributed by atoms with E-state index in [9.17, 15) is 4.79 Å². The van der Waals surface area contributed by atoms with Gasteiger partial charge in [0.2, 0.25) is 5.91 Å². The van der Waals surface area contributed by atoms with Crippen LogP contribution in [0.25, 0.3) is 0 Å². The Morgan fingerprint density at radius 2 is 2.26 bits per heavy atom. The number of benzene rings is 1. The minimum absolute atomic E-state index is 0.0176. The number of alkyl halides is 1. The minimum Gasteiger partial charge on any atom is -0.492 e. The van der Waals surface area contributed by atoms with Gasteiger partial charge in [-0.05, 0) is 18.1 Å². The summed E-state index contributed by atoms with van der Waals surface area (Å²) in [5.41, 5.74) is 1.09. The topological polar surface area (TPSA) is 47.6 Å². The van der Waals surface area contributed by atoms with Gasteiger partial charge in [-0.3, -0.25) is 4.79 Å². The van der Waals surface area contributed by atoms with Crippen molar-refractivity contribution in [1.82, 2.24) is 5.32 Å². The Morgan fingerprint density at radius 3 is 3.11 bits per heavy atom. The van der Waals surface area contributed by atoms with Gasteiger partial charge in [0.15, 0.2) is 0 Å². The first-order valence-electron chi connectivity index (χ1n) is 6.43. The highest BCUT2D eigenvalue weighted by molar-refractivity contribution is 6.17. The molecule has 0 aliphatic carbocycles. The Balaban J connectivity index is 1.76. The number of rotatable bonds is 6. The molecule has 0 saturated carbocycles. The maximum absolute atomic E-state index is 12.0. The predicted molar refractivity (Wildman–Crippen MR) is 73.7 cm³/mol. The van der Waals surface area contributed by atoms with Crippen LogP contribution in [0.2, 0.25) is 0 Å². The van der Waals surface area contributed by atoms with Crippen LogP contribution in [-0.4, -0.2) is 38.2 Å². The van der Waals surface area contributed by atoms with Crippen LogP contribution in [0.1, 0.15) is 5.56 Å². The lowest BCUT2D eigenvalue weighted by Gasteiger charge is -2.24. The third-order valence-corrected chi connectivity index (χ3v) is 3.17. The first-order chi connectivity index (χ1) is 9.31. The normalized spacial score (nSPS) is 17.4. The van der Waals surface area contributed by atoms with Crippen molar-refractivity contribution >= 4 is 17.5 Å². The minimum atomic E-state index is -0.122. The lowest BCUT2D eigenvalue weighted by Crippen LogP contribution is -2.38. The van der Waals surface area contributed by atoms with E-state index in [0.717, 1.165) is 17.7 Å². The molecular weight excluding hydrogens is 266 g/mol. The van der Waals surface area contributed by atoms with Gasteiger partial charge >= 0.3 is 0 Å². The molecule has 5 heteroatoms. The standard InChI is InChI=1S/C14H18ClNO3/c15-5-7-18-8-6-16-14(17)12-9-11-3-1-2-4-13(11)19-10-12/h1-4,12H,5-10H2,(H,16,17). The zero-order valence-corrected chi connectivity index (χ0v) is 11.5. The molecule has 104 valence electrons. The van der Waals surface area contributed by atoms with Crippen LogP contribution in [-0.2, 0) is 16.0 Å². The zero-order valence-electron chi connectivity index (χ0n) is 10.7. The summed E-state index contributed by atoms with van der Waals surface area (Å²) in [5.74, 6) is 1.25. The molecule has 0 bridgehead atoms. The van der Waals surface area contributed by atoms with Crippen LogP contribution >= 0.6 is 11.6 Å². The smallest absolute Gasteiger partial charge is 0.226 e. The van der Waals surface area contributed by atoms with Gasteiger partial charge in [-0.15, -0.1) is 11.6 Å². The van der Waals surface area contributed by atoms with Gasteiger partial charge in [0.05, 0.1) is 19.1 Å². The molecule has 0 radical (unpaired) electrons. The van der Waals surface area contributed by atoms with Gasteiger partial charge in [0.25, 0.3) is 0 Å². The zero-order chi connectivity index (χ0) is 13.5. The van der Waals surface area contributed by atoms with Crippen molar-refractivity contribution in [2.45, 2.75) is 6.42 Å². The number of hydrogen-bond donors (Lipinski definition) is 1. The SMILES string of the molecule is O=C(NCCOCCCl)C1COc2ccccc2C1. The first-order valence-corrected chi connectivity index (χ1v) is 6.97. The largest absolute Gasteiger partial charge is 0.492 e. The summed E-state index contributed by atoms with van der Waals surface area (Å²) in [5, 5.41) is 2.86. The number of carbonyl (C=O) groups excluding carboxylic acids is 1. The number of nitrogens with one attached hydrogen (secondary N) is 1. The third-order valence-electron chi connectivity index (χ3n) is 3.02. The van der Waals surface area contributed by atoms with E-state index >= 15 is 0 Å². The van der Waals surface area contributed by atoms with Crippen molar-refractivity contribution in [2.75, 3.05) is 32.2 Å². The predicted octanol–water partition coefficient (Wildman–Crippen LogP) is 1.61. The number of carbonyl (C=O) groups is 1. The van der Waals surface area contributed by atoms with Crippen LogP contribution in [0.4, 0.5) is 0 Å². The Kier molecular flexibility index (Phi) is 5.48. The van der Waals surface area contributed by atoms with Crippen LogP contribution in [0.5, 0.6) is 5.75 Å². The van der Waals surface area contributed by atoms with Gasteiger partial charge < -0.3 is 14.8 Å². The first kappa shape index (κ1) is 14.2. The number of amides is 1. The van der Waals surface area contributed by atoms with Crippen LogP contribution in [0, 0.1) is 5.92 Å². The Hall–Kier alpha value is -1.26. The van der Waals surface area contributed by atoms with E-state index < -0.39 is 0 Å². The van der Waals surface area contributed by atoms with Crippen LogP contribution in [0.3, 0.4) is 0 Å².